The molecule has 20 heavy (non-hydrogen) atoms. The van der Waals surface area contributed by atoms with Crippen LogP contribution in [-0.2, 0) is 10.0 Å². The SMILES string of the molecule is CN(C)CCNc1ccc(S(=O)(=O)N2CCCC2)cc1. The van der Waals surface area contributed by atoms with Crippen LogP contribution in [0.25, 0.3) is 0 Å². The summed E-state index contributed by atoms with van der Waals surface area (Å²) in [4.78, 5) is 2.48. The molecule has 1 aliphatic rings. The van der Waals surface area contributed by atoms with Crippen LogP contribution in [0.15, 0.2) is 29.2 Å². The number of hydrogen-bond donors (Lipinski definition) is 1. The molecule has 0 bridgehead atoms. The molecule has 2 rings (SSSR count). The zero-order chi connectivity index (χ0) is 14.6. The third-order valence-corrected chi connectivity index (χ3v) is 5.36. The number of benzene rings is 1. The van der Waals surface area contributed by atoms with Crippen molar-refractivity contribution < 1.29 is 8.42 Å². The van der Waals surface area contributed by atoms with E-state index in [9.17, 15) is 8.42 Å². The van der Waals surface area contributed by atoms with Crippen molar-refractivity contribution in [3.05, 3.63) is 24.3 Å². The average Bonchev–Trinajstić information content (AvgIpc) is 2.93. The van der Waals surface area contributed by atoms with Crippen LogP contribution >= 0.6 is 0 Å². The van der Waals surface area contributed by atoms with E-state index >= 15 is 0 Å². The van der Waals surface area contributed by atoms with Crippen LogP contribution in [0.4, 0.5) is 5.69 Å². The predicted molar refractivity (Wildman–Crippen MR) is 81.5 cm³/mol. The second-order valence-corrected chi connectivity index (χ2v) is 7.30. The maximum atomic E-state index is 12.3. The third kappa shape index (κ3) is 3.71. The van der Waals surface area contributed by atoms with E-state index in [1.165, 1.54) is 0 Å². The Balaban J connectivity index is 2.00. The molecule has 0 radical (unpaired) electrons. The largest absolute Gasteiger partial charge is 0.384 e. The lowest BCUT2D eigenvalue weighted by Crippen LogP contribution is -2.27. The van der Waals surface area contributed by atoms with Gasteiger partial charge in [-0.05, 0) is 51.2 Å². The van der Waals surface area contributed by atoms with Crippen molar-refractivity contribution in [2.24, 2.45) is 0 Å². The van der Waals surface area contributed by atoms with Crippen LogP contribution in [0.3, 0.4) is 0 Å². The lowest BCUT2D eigenvalue weighted by molar-refractivity contribution is 0.425. The van der Waals surface area contributed by atoms with Crippen LogP contribution < -0.4 is 5.32 Å². The molecule has 1 aromatic carbocycles. The summed E-state index contributed by atoms with van der Waals surface area (Å²) >= 11 is 0. The lowest BCUT2D eigenvalue weighted by Gasteiger charge is -2.16. The number of sulfonamides is 1. The molecule has 0 aromatic heterocycles. The molecule has 1 aliphatic heterocycles. The van der Waals surface area contributed by atoms with Crippen molar-refractivity contribution in [1.29, 1.82) is 0 Å². The fourth-order valence-electron chi connectivity index (χ4n) is 2.25. The topological polar surface area (TPSA) is 52.7 Å². The smallest absolute Gasteiger partial charge is 0.243 e. The van der Waals surface area contributed by atoms with Gasteiger partial charge in [0.15, 0.2) is 0 Å². The van der Waals surface area contributed by atoms with Gasteiger partial charge in [0, 0.05) is 31.9 Å². The molecule has 0 unspecified atom stereocenters. The highest BCUT2D eigenvalue weighted by Crippen LogP contribution is 2.22. The van der Waals surface area contributed by atoms with Crippen LogP contribution in [0.2, 0.25) is 0 Å². The van der Waals surface area contributed by atoms with Crippen LogP contribution in [0, 0.1) is 0 Å². The van der Waals surface area contributed by atoms with E-state index in [0.717, 1.165) is 31.6 Å². The lowest BCUT2D eigenvalue weighted by atomic mass is 10.3. The molecule has 1 aromatic rings. The molecule has 1 heterocycles. The second kappa shape index (κ2) is 6.56. The first-order chi connectivity index (χ1) is 9.50. The van der Waals surface area contributed by atoms with E-state index in [1.807, 2.05) is 26.2 Å². The van der Waals surface area contributed by atoms with Crippen molar-refractivity contribution in [3.63, 3.8) is 0 Å². The Kier molecular flexibility index (Phi) is 5.01. The zero-order valence-corrected chi connectivity index (χ0v) is 13.0. The summed E-state index contributed by atoms with van der Waals surface area (Å²) in [5.41, 5.74) is 0.951. The van der Waals surface area contributed by atoms with Crippen LogP contribution in [-0.4, -0.2) is 57.9 Å². The molecular weight excluding hydrogens is 274 g/mol. The Morgan fingerprint density at radius 1 is 1.15 bits per heavy atom. The Hall–Kier alpha value is -1.11. The van der Waals surface area contributed by atoms with Gasteiger partial charge in [-0.1, -0.05) is 0 Å². The van der Waals surface area contributed by atoms with Gasteiger partial charge in [-0.2, -0.15) is 4.31 Å². The van der Waals surface area contributed by atoms with E-state index in [2.05, 4.69) is 10.2 Å². The molecule has 1 saturated heterocycles. The molecule has 1 fully saturated rings. The Bertz CT molecular complexity index is 520. The van der Waals surface area contributed by atoms with E-state index < -0.39 is 10.0 Å². The summed E-state index contributed by atoms with van der Waals surface area (Å²) in [6.45, 7) is 3.06. The second-order valence-electron chi connectivity index (χ2n) is 5.37. The van der Waals surface area contributed by atoms with Crippen LogP contribution in [0.1, 0.15) is 12.8 Å². The van der Waals surface area contributed by atoms with E-state index in [4.69, 9.17) is 0 Å². The first-order valence-corrected chi connectivity index (χ1v) is 8.43. The molecule has 0 amide bonds. The fourth-order valence-corrected chi connectivity index (χ4v) is 3.76. The number of rotatable bonds is 6. The van der Waals surface area contributed by atoms with Gasteiger partial charge in [0.1, 0.15) is 0 Å². The number of nitrogens with one attached hydrogen (secondary N) is 1. The molecular formula is C14H23N3O2S. The first-order valence-electron chi connectivity index (χ1n) is 6.99. The number of likely N-dealkylation sites (N-methyl/N-ethyl adjacent to an activating group) is 1. The third-order valence-electron chi connectivity index (χ3n) is 3.45. The standard InChI is InChI=1S/C14H23N3O2S/c1-16(2)12-9-15-13-5-7-14(8-6-13)20(18,19)17-10-3-4-11-17/h5-8,15H,3-4,9-12H2,1-2H3. The number of nitrogens with zero attached hydrogens (tertiary/aromatic N) is 2. The van der Waals surface area contributed by atoms with Crippen molar-refractivity contribution in [1.82, 2.24) is 9.21 Å². The predicted octanol–water partition coefficient (Wildman–Crippen LogP) is 1.44. The summed E-state index contributed by atoms with van der Waals surface area (Å²) in [6.07, 6.45) is 1.92. The summed E-state index contributed by atoms with van der Waals surface area (Å²) in [6, 6.07) is 7.04. The number of hydrogen-bond acceptors (Lipinski definition) is 4. The van der Waals surface area contributed by atoms with Gasteiger partial charge in [0.05, 0.1) is 4.90 Å². The Morgan fingerprint density at radius 3 is 2.30 bits per heavy atom. The minimum absolute atomic E-state index is 0.387. The summed E-state index contributed by atoms with van der Waals surface area (Å²) in [7, 11) is 0.750. The highest BCUT2D eigenvalue weighted by Gasteiger charge is 2.26. The van der Waals surface area contributed by atoms with Crippen molar-refractivity contribution in [2.75, 3.05) is 45.6 Å². The summed E-state index contributed by atoms with van der Waals surface area (Å²) in [5.74, 6) is 0. The fraction of sp³-hybridized carbons (Fsp3) is 0.571. The van der Waals surface area contributed by atoms with Gasteiger partial charge < -0.3 is 10.2 Å². The Labute approximate surface area is 121 Å². The molecule has 1 N–H and O–H groups in total. The Morgan fingerprint density at radius 2 is 1.75 bits per heavy atom. The minimum atomic E-state index is -3.29. The molecule has 0 atom stereocenters. The van der Waals surface area contributed by atoms with E-state index in [-0.39, 0.29) is 0 Å². The highest BCUT2D eigenvalue weighted by atomic mass is 32.2. The maximum absolute atomic E-state index is 12.3. The van der Waals surface area contributed by atoms with Gasteiger partial charge in [-0.25, -0.2) is 8.42 Å². The molecule has 6 heteroatoms. The molecule has 0 aliphatic carbocycles. The van der Waals surface area contributed by atoms with Crippen molar-refractivity contribution >= 4 is 15.7 Å². The van der Waals surface area contributed by atoms with Gasteiger partial charge in [0.25, 0.3) is 0 Å². The summed E-state index contributed by atoms with van der Waals surface area (Å²) < 4.78 is 26.3. The van der Waals surface area contributed by atoms with E-state index in [0.29, 0.717) is 18.0 Å². The molecule has 0 saturated carbocycles. The van der Waals surface area contributed by atoms with Gasteiger partial charge in [-0.3, -0.25) is 0 Å². The highest BCUT2D eigenvalue weighted by molar-refractivity contribution is 7.89. The van der Waals surface area contributed by atoms with Crippen molar-refractivity contribution in [3.8, 4) is 0 Å². The maximum Gasteiger partial charge on any atom is 0.243 e. The normalized spacial score (nSPS) is 16.8. The quantitative estimate of drug-likeness (QED) is 0.863. The van der Waals surface area contributed by atoms with Gasteiger partial charge in [0.2, 0.25) is 10.0 Å². The average molecular weight is 297 g/mol. The van der Waals surface area contributed by atoms with Crippen molar-refractivity contribution in [2.45, 2.75) is 17.7 Å². The summed E-state index contributed by atoms with van der Waals surface area (Å²) in [5, 5.41) is 3.27. The molecule has 5 nitrogen and oxygen atoms in total. The van der Waals surface area contributed by atoms with Gasteiger partial charge in [-0.15, -0.1) is 0 Å². The van der Waals surface area contributed by atoms with Gasteiger partial charge >= 0.3 is 0 Å². The molecule has 112 valence electrons. The van der Waals surface area contributed by atoms with Crippen LogP contribution in [0.5, 0.6) is 0 Å². The molecule has 0 spiro atoms. The zero-order valence-electron chi connectivity index (χ0n) is 12.2. The monoisotopic (exact) mass is 297 g/mol. The first kappa shape index (κ1) is 15.3. The minimum Gasteiger partial charge on any atom is -0.384 e. The van der Waals surface area contributed by atoms with E-state index in [1.54, 1.807) is 16.4 Å². The number of anilines is 1.